The van der Waals surface area contributed by atoms with Crippen LogP contribution in [0.5, 0.6) is 5.75 Å². The first-order valence-electron chi connectivity index (χ1n) is 10.1. The molecule has 3 aromatic rings. The van der Waals surface area contributed by atoms with E-state index in [0.29, 0.717) is 6.61 Å². The SMILES string of the molecule is COc1ccc(-c2cccc([C@H]3CN(Cc4cnc(N(C)C)nc4)CCO3)n2)cc1. The van der Waals surface area contributed by atoms with Crippen LogP contribution in [-0.2, 0) is 11.3 Å². The molecule has 1 saturated heterocycles. The topological polar surface area (TPSA) is 63.6 Å². The molecule has 0 bridgehead atoms. The average Bonchev–Trinajstić information content (AvgIpc) is 2.80. The molecule has 156 valence electrons. The van der Waals surface area contributed by atoms with E-state index < -0.39 is 0 Å². The van der Waals surface area contributed by atoms with Gasteiger partial charge in [0.05, 0.1) is 25.1 Å². The van der Waals surface area contributed by atoms with Crippen LogP contribution in [-0.4, -0.2) is 60.8 Å². The standard InChI is InChI=1S/C23H27N5O2/c1-27(2)23-24-13-17(14-25-23)15-28-11-12-30-22(16-28)21-6-4-5-20(26-21)18-7-9-19(29-3)10-8-18/h4-10,13-14,22H,11-12,15-16H2,1-3H3/t22-/m1/s1. The first-order valence-corrected chi connectivity index (χ1v) is 10.1. The molecule has 2 aromatic heterocycles. The van der Waals surface area contributed by atoms with E-state index in [1.165, 1.54) is 0 Å². The van der Waals surface area contributed by atoms with Crippen molar-refractivity contribution in [2.24, 2.45) is 0 Å². The van der Waals surface area contributed by atoms with Crippen molar-refractivity contribution in [2.75, 3.05) is 45.8 Å². The van der Waals surface area contributed by atoms with Crippen LogP contribution in [0.25, 0.3) is 11.3 Å². The molecule has 0 N–H and O–H groups in total. The largest absolute Gasteiger partial charge is 0.497 e. The number of rotatable bonds is 6. The lowest BCUT2D eigenvalue weighted by atomic mass is 10.1. The summed E-state index contributed by atoms with van der Waals surface area (Å²) in [5.41, 5.74) is 4.04. The maximum absolute atomic E-state index is 6.05. The van der Waals surface area contributed by atoms with E-state index in [2.05, 4.69) is 14.9 Å². The molecule has 30 heavy (non-hydrogen) atoms. The molecular formula is C23H27N5O2. The maximum Gasteiger partial charge on any atom is 0.224 e. The molecule has 0 unspecified atom stereocenters. The van der Waals surface area contributed by atoms with Crippen molar-refractivity contribution in [3.8, 4) is 17.0 Å². The van der Waals surface area contributed by atoms with Gasteiger partial charge in [-0.2, -0.15) is 0 Å². The van der Waals surface area contributed by atoms with Gasteiger partial charge in [0.25, 0.3) is 0 Å². The summed E-state index contributed by atoms with van der Waals surface area (Å²) in [6.45, 7) is 3.14. The summed E-state index contributed by atoms with van der Waals surface area (Å²) in [7, 11) is 5.55. The first kappa shape index (κ1) is 20.3. The van der Waals surface area contributed by atoms with Gasteiger partial charge in [-0.3, -0.25) is 9.88 Å². The Morgan fingerprint density at radius 2 is 1.87 bits per heavy atom. The zero-order chi connectivity index (χ0) is 20.9. The lowest BCUT2D eigenvalue weighted by Gasteiger charge is -2.32. The molecule has 1 atom stereocenters. The van der Waals surface area contributed by atoms with E-state index in [1.807, 2.05) is 73.9 Å². The fraction of sp³-hybridized carbons (Fsp3) is 0.348. The Bertz CT molecular complexity index is 960. The van der Waals surface area contributed by atoms with E-state index in [0.717, 1.165) is 53.8 Å². The molecule has 1 aromatic carbocycles. The quantitative estimate of drug-likeness (QED) is 0.624. The second kappa shape index (κ2) is 9.19. The van der Waals surface area contributed by atoms with Crippen LogP contribution < -0.4 is 9.64 Å². The predicted molar refractivity (Wildman–Crippen MR) is 117 cm³/mol. The van der Waals surface area contributed by atoms with E-state index in [4.69, 9.17) is 14.5 Å². The summed E-state index contributed by atoms with van der Waals surface area (Å²) in [4.78, 5) is 18.0. The minimum atomic E-state index is -0.0566. The van der Waals surface area contributed by atoms with Crippen molar-refractivity contribution in [3.63, 3.8) is 0 Å². The van der Waals surface area contributed by atoms with Crippen molar-refractivity contribution in [2.45, 2.75) is 12.6 Å². The monoisotopic (exact) mass is 405 g/mol. The van der Waals surface area contributed by atoms with Gasteiger partial charge in [0.2, 0.25) is 5.95 Å². The van der Waals surface area contributed by atoms with E-state index >= 15 is 0 Å². The third-order valence-corrected chi connectivity index (χ3v) is 5.13. The van der Waals surface area contributed by atoms with Crippen molar-refractivity contribution >= 4 is 5.95 Å². The highest BCUT2D eigenvalue weighted by molar-refractivity contribution is 5.60. The number of hydrogen-bond donors (Lipinski definition) is 0. The summed E-state index contributed by atoms with van der Waals surface area (Å²) in [5, 5.41) is 0. The van der Waals surface area contributed by atoms with Gasteiger partial charge < -0.3 is 14.4 Å². The molecule has 0 amide bonds. The normalized spacial score (nSPS) is 17.0. The van der Waals surface area contributed by atoms with Crippen LogP contribution in [0.15, 0.2) is 54.9 Å². The zero-order valence-corrected chi connectivity index (χ0v) is 17.7. The molecule has 0 aliphatic carbocycles. The van der Waals surface area contributed by atoms with Gasteiger partial charge in [0, 0.05) is 57.3 Å². The number of nitrogens with zero attached hydrogens (tertiary/aromatic N) is 5. The third-order valence-electron chi connectivity index (χ3n) is 5.13. The van der Waals surface area contributed by atoms with Gasteiger partial charge in [-0.15, -0.1) is 0 Å². The maximum atomic E-state index is 6.05. The molecule has 0 radical (unpaired) electrons. The minimum Gasteiger partial charge on any atom is -0.497 e. The highest BCUT2D eigenvalue weighted by Crippen LogP contribution is 2.26. The lowest BCUT2D eigenvalue weighted by Crippen LogP contribution is -2.38. The van der Waals surface area contributed by atoms with E-state index in [9.17, 15) is 0 Å². The van der Waals surface area contributed by atoms with Crippen LogP contribution in [0.1, 0.15) is 17.4 Å². The van der Waals surface area contributed by atoms with Crippen LogP contribution in [0.2, 0.25) is 0 Å². The molecule has 7 heteroatoms. The van der Waals surface area contributed by atoms with Gasteiger partial charge in [-0.05, 0) is 36.4 Å². The van der Waals surface area contributed by atoms with Gasteiger partial charge in [-0.1, -0.05) is 6.07 Å². The molecule has 4 rings (SSSR count). The number of methoxy groups -OCH3 is 1. The fourth-order valence-corrected chi connectivity index (χ4v) is 3.50. The second-order valence-corrected chi connectivity index (χ2v) is 7.56. The van der Waals surface area contributed by atoms with Gasteiger partial charge >= 0.3 is 0 Å². The molecule has 1 aliphatic heterocycles. The number of morpholine rings is 1. The van der Waals surface area contributed by atoms with Crippen LogP contribution in [0, 0.1) is 0 Å². The van der Waals surface area contributed by atoms with E-state index in [1.54, 1.807) is 7.11 Å². The number of ether oxygens (including phenoxy) is 2. The Kier molecular flexibility index (Phi) is 6.21. The molecule has 3 heterocycles. The highest BCUT2D eigenvalue weighted by Gasteiger charge is 2.23. The van der Waals surface area contributed by atoms with Crippen molar-refractivity contribution in [1.82, 2.24) is 19.9 Å². The molecule has 7 nitrogen and oxygen atoms in total. The summed E-state index contributed by atoms with van der Waals surface area (Å²) in [6.07, 6.45) is 3.74. The van der Waals surface area contributed by atoms with Gasteiger partial charge in [0.1, 0.15) is 11.9 Å². The Hall–Kier alpha value is -3.03. The van der Waals surface area contributed by atoms with Crippen LogP contribution >= 0.6 is 0 Å². The average molecular weight is 406 g/mol. The third kappa shape index (κ3) is 4.75. The van der Waals surface area contributed by atoms with Crippen LogP contribution in [0.4, 0.5) is 5.95 Å². The Morgan fingerprint density at radius 3 is 2.57 bits per heavy atom. The molecule has 1 fully saturated rings. The summed E-state index contributed by atoms with van der Waals surface area (Å²) >= 11 is 0. The van der Waals surface area contributed by atoms with Crippen molar-refractivity contribution in [3.05, 3.63) is 66.1 Å². The van der Waals surface area contributed by atoms with Gasteiger partial charge in [0.15, 0.2) is 0 Å². The second-order valence-electron chi connectivity index (χ2n) is 7.56. The van der Waals surface area contributed by atoms with Crippen molar-refractivity contribution < 1.29 is 9.47 Å². The molecule has 0 saturated carbocycles. The Labute approximate surface area is 177 Å². The highest BCUT2D eigenvalue weighted by atomic mass is 16.5. The zero-order valence-electron chi connectivity index (χ0n) is 17.7. The number of hydrogen-bond acceptors (Lipinski definition) is 7. The molecular weight excluding hydrogens is 378 g/mol. The number of aromatic nitrogens is 3. The first-order chi connectivity index (χ1) is 14.6. The number of anilines is 1. The lowest BCUT2D eigenvalue weighted by molar-refractivity contribution is -0.0349. The fourth-order valence-electron chi connectivity index (χ4n) is 3.50. The van der Waals surface area contributed by atoms with Gasteiger partial charge in [-0.25, -0.2) is 9.97 Å². The summed E-state index contributed by atoms with van der Waals surface area (Å²) in [6, 6.07) is 14.1. The molecule has 0 spiro atoms. The minimum absolute atomic E-state index is 0.0566. The number of benzene rings is 1. The smallest absolute Gasteiger partial charge is 0.224 e. The predicted octanol–water partition coefficient (Wildman–Crippen LogP) is 3.19. The van der Waals surface area contributed by atoms with Crippen molar-refractivity contribution in [1.29, 1.82) is 0 Å². The number of pyridine rings is 1. The Morgan fingerprint density at radius 1 is 1.10 bits per heavy atom. The Balaban J connectivity index is 1.45. The summed E-state index contributed by atoms with van der Waals surface area (Å²) in [5.74, 6) is 1.56. The van der Waals surface area contributed by atoms with Crippen LogP contribution in [0.3, 0.4) is 0 Å². The summed E-state index contributed by atoms with van der Waals surface area (Å²) < 4.78 is 11.3. The molecule has 1 aliphatic rings. The van der Waals surface area contributed by atoms with E-state index in [-0.39, 0.29) is 6.10 Å².